The van der Waals surface area contributed by atoms with E-state index in [0.717, 1.165) is 17.1 Å². The van der Waals surface area contributed by atoms with Gasteiger partial charge < -0.3 is 4.90 Å². The minimum atomic E-state index is 1.10. The van der Waals surface area contributed by atoms with Gasteiger partial charge in [-0.25, -0.2) is 0 Å². The van der Waals surface area contributed by atoms with E-state index >= 15 is 0 Å². The highest BCUT2D eigenvalue weighted by Gasteiger charge is 2.21. The molecule has 8 rings (SSSR count). The highest BCUT2D eigenvalue weighted by Crippen LogP contribution is 2.46. The molecule has 51 heavy (non-hydrogen) atoms. The molecule has 0 N–H and O–H groups in total. The molecule has 0 amide bonds. The largest absolute Gasteiger partial charge is 0.310 e. The normalized spacial score (nSPS) is 10.9. The first-order valence-electron chi connectivity index (χ1n) is 17.3. The lowest BCUT2D eigenvalue weighted by Crippen LogP contribution is -2.12. The highest BCUT2D eigenvalue weighted by atomic mass is 32.2. The standard InChI is InChI=1S/C49H37NS/c1-36-15-13-25-47(49(36)46-24-11-12-26-48(46)51-45-22-9-4-10-23-45)50(44-21-14-20-42(35-44)38-18-7-3-8-19-38)43-33-31-41(32-34-43)40-29-27-39(28-30-40)37-16-5-2-6-17-37/h2-35H,1H3. The Hall–Kier alpha value is -6.09. The molecule has 0 saturated heterocycles. The maximum atomic E-state index is 2.42. The number of benzene rings is 8. The van der Waals surface area contributed by atoms with Crippen LogP contribution < -0.4 is 4.90 Å². The van der Waals surface area contributed by atoms with Gasteiger partial charge in [0.2, 0.25) is 0 Å². The molecule has 2 heteroatoms. The lowest BCUT2D eigenvalue weighted by molar-refractivity contribution is 1.26. The molecule has 8 aromatic carbocycles. The van der Waals surface area contributed by atoms with Crippen LogP contribution in [-0.2, 0) is 0 Å². The molecule has 0 bridgehead atoms. The predicted octanol–water partition coefficient (Wildman–Crippen LogP) is 14.3. The van der Waals surface area contributed by atoms with E-state index in [2.05, 4.69) is 218 Å². The predicted molar refractivity (Wildman–Crippen MR) is 218 cm³/mol. The van der Waals surface area contributed by atoms with Gasteiger partial charge in [-0.15, -0.1) is 0 Å². The van der Waals surface area contributed by atoms with E-state index in [-0.39, 0.29) is 0 Å². The second kappa shape index (κ2) is 14.8. The topological polar surface area (TPSA) is 3.24 Å². The molecule has 244 valence electrons. The van der Waals surface area contributed by atoms with Crippen LogP contribution in [0.15, 0.2) is 216 Å². The van der Waals surface area contributed by atoms with Crippen molar-refractivity contribution in [2.24, 2.45) is 0 Å². The SMILES string of the molecule is Cc1cccc(N(c2ccc(-c3ccc(-c4ccccc4)cc3)cc2)c2cccc(-c3ccccc3)c2)c1-c1ccccc1Sc1ccccc1. The first-order chi connectivity index (χ1) is 25.2. The summed E-state index contributed by atoms with van der Waals surface area (Å²) in [5.74, 6) is 0. The van der Waals surface area contributed by atoms with Gasteiger partial charge in [0.05, 0.1) is 5.69 Å². The van der Waals surface area contributed by atoms with Crippen LogP contribution in [0.2, 0.25) is 0 Å². The summed E-state index contributed by atoms with van der Waals surface area (Å²) in [6.07, 6.45) is 0. The Labute approximate surface area is 305 Å². The summed E-state index contributed by atoms with van der Waals surface area (Å²) in [6, 6.07) is 74.0. The summed E-state index contributed by atoms with van der Waals surface area (Å²) in [4.78, 5) is 4.87. The maximum Gasteiger partial charge on any atom is 0.0543 e. The Morgan fingerprint density at radius 2 is 0.863 bits per heavy atom. The smallest absolute Gasteiger partial charge is 0.0543 e. The van der Waals surface area contributed by atoms with Crippen LogP contribution in [0, 0.1) is 6.92 Å². The van der Waals surface area contributed by atoms with Crippen molar-refractivity contribution in [3.8, 4) is 44.5 Å². The highest BCUT2D eigenvalue weighted by molar-refractivity contribution is 7.99. The fourth-order valence-corrected chi connectivity index (χ4v) is 7.71. The molecule has 0 unspecified atom stereocenters. The van der Waals surface area contributed by atoms with E-state index < -0.39 is 0 Å². The third-order valence-electron chi connectivity index (χ3n) is 9.28. The second-order valence-electron chi connectivity index (χ2n) is 12.6. The van der Waals surface area contributed by atoms with Gasteiger partial charge in [0.1, 0.15) is 0 Å². The third kappa shape index (κ3) is 7.01. The molecule has 0 aromatic heterocycles. The lowest BCUT2D eigenvalue weighted by Gasteiger charge is -2.30. The van der Waals surface area contributed by atoms with Gasteiger partial charge in [0.25, 0.3) is 0 Å². The first-order valence-corrected chi connectivity index (χ1v) is 18.2. The fourth-order valence-electron chi connectivity index (χ4n) is 6.74. The summed E-state index contributed by atoms with van der Waals surface area (Å²) in [6.45, 7) is 2.23. The summed E-state index contributed by atoms with van der Waals surface area (Å²) in [7, 11) is 0. The van der Waals surface area contributed by atoms with Gasteiger partial charge in [0.15, 0.2) is 0 Å². The number of anilines is 3. The lowest BCUT2D eigenvalue weighted by atomic mass is 9.96. The summed E-state index contributed by atoms with van der Waals surface area (Å²) >= 11 is 1.81. The molecule has 0 aliphatic carbocycles. The molecular formula is C49H37NS. The Bertz CT molecular complexity index is 2370. The van der Waals surface area contributed by atoms with Crippen LogP contribution in [0.4, 0.5) is 17.1 Å². The first kappa shape index (κ1) is 32.1. The van der Waals surface area contributed by atoms with E-state index in [0.29, 0.717) is 0 Å². The second-order valence-corrected chi connectivity index (χ2v) is 13.7. The number of rotatable bonds is 9. The Morgan fingerprint density at radius 1 is 0.373 bits per heavy atom. The van der Waals surface area contributed by atoms with E-state index in [9.17, 15) is 0 Å². The van der Waals surface area contributed by atoms with Crippen LogP contribution in [0.25, 0.3) is 44.5 Å². The molecule has 0 radical (unpaired) electrons. The molecule has 0 aliphatic heterocycles. The van der Waals surface area contributed by atoms with Crippen molar-refractivity contribution < 1.29 is 0 Å². The average molecular weight is 672 g/mol. The van der Waals surface area contributed by atoms with Gasteiger partial charge in [-0.3, -0.25) is 0 Å². The average Bonchev–Trinajstić information content (AvgIpc) is 3.20. The summed E-state index contributed by atoms with van der Waals surface area (Å²) in [5, 5.41) is 0. The zero-order valence-corrected chi connectivity index (χ0v) is 29.3. The van der Waals surface area contributed by atoms with E-state index in [1.54, 1.807) is 0 Å². The van der Waals surface area contributed by atoms with Crippen LogP contribution in [0.1, 0.15) is 5.56 Å². The van der Waals surface area contributed by atoms with Gasteiger partial charge in [-0.1, -0.05) is 169 Å². The summed E-state index contributed by atoms with van der Waals surface area (Å²) < 4.78 is 0. The molecule has 1 nitrogen and oxygen atoms in total. The monoisotopic (exact) mass is 671 g/mol. The van der Waals surface area contributed by atoms with E-state index in [4.69, 9.17) is 0 Å². The van der Waals surface area contributed by atoms with Crippen LogP contribution in [0.5, 0.6) is 0 Å². The summed E-state index contributed by atoms with van der Waals surface area (Å²) in [5.41, 5.74) is 14.2. The maximum absolute atomic E-state index is 2.42. The number of hydrogen-bond acceptors (Lipinski definition) is 2. The van der Waals surface area contributed by atoms with Crippen molar-refractivity contribution in [2.75, 3.05) is 4.90 Å². The molecule has 8 aromatic rings. The van der Waals surface area contributed by atoms with Crippen LogP contribution in [-0.4, -0.2) is 0 Å². The van der Waals surface area contributed by atoms with Crippen molar-refractivity contribution in [3.63, 3.8) is 0 Å². The Balaban J connectivity index is 1.24. The van der Waals surface area contributed by atoms with E-state index in [1.165, 1.54) is 59.9 Å². The molecular weight excluding hydrogens is 635 g/mol. The minimum Gasteiger partial charge on any atom is -0.310 e. The molecule has 0 heterocycles. The van der Waals surface area contributed by atoms with Crippen LogP contribution in [0.3, 0.4) is 0 Å². The number of hydrogen-bond donors (Lipinski definition) is 0. The van der Waals surface area contributed by atoms with Crippen molar-refractivity contribution >= 4 is 28.8 Å². The minimum absolute atomic E-state index is 1.10. The molecule has 0 atom stereocenters. The fraction of sp³-hybridized carbons (Fsp3) is 0.0204. The molecule has 0 aliphatic rings. The quantitative estimate of drug-likeness (QED) is 0.150. The van der Waals surface area contributed by atoms with Crippen LogP contribution >= 0.6 is 11.8 Å². The van der Waals surface area contributed by atoms with Crippen molar-refractivity contribution in [1.82, 2.24) is 0 Å². The number of aryl methyl sites for hydroxylation is 1. The third-order valence-corrected chi connectivity index (χ3v) is 10.4. The van der Waals surface area contributed by atoms with Gasteiger partial charge in [-0.05, 0) is 100.0 Å². The molecule has 0 fully saturated rings. The van der Waals surface area contributed by atoms with Crippen molar-refractivity contribution in [1.29, 1.82) is 0 Å². The van der Waals surface area contributed by atoms with Gasteiger partial charge in [0, 0.05) is 26.7 Å². The van der Waals surface area contributed by atoms with E-state index in [1.807, 2.05) is 11.8 Å². The van der Waals surface area contributed by atoms with Crippen molar-refractivity contribution in [2.45, 2.75) is 16.7 Å². The number of nitrogens with zero attached hydrogens (tertiary/aromatic N) is 1. The molecule has 0 saturated carbocycles. The van der Waals surface area contributed by atoms with Gasteiger partial charge in [-0.2, -0.15) is 0 Å². The zero-order chi connectivity index (χ0) is 34.4. The van der Waals surface area contributed by atoms with Gasteiger partial charge >= 0.3 is 0 Å². The Morgan fingerprint density at radius 3 is 1.51 bits per heavy atom. The Kier molecular flexibility index (Phi) is 9.33. The van der Waals surface area contributed by atoms with Crippen molar-refractivity contribution in [3.05, 3.63) is 212 Å². The zero-order valence-electron chi connectivity index (χ0n) is 28.5. The molecule has 0 spiro atoms.